The number of esters is 1. The molecular weight excluding hydrogens is 228 g/mol. The number of nitrogens with zero attached hydrogens (tertiary/aromatic N) is 2. The van der Waals surface area contributed by atoms with Crippen LogP contribution in [-0.2, 0) is 16.1 Å². The summed E-state index contributed by atoms with van der Waals surface area (Å²) in [5.41, 5.74) is 0.982. The van der Waals surface area contributed by atoms with Gasteiger partial charge < -0.3 is 4.74 Å². The molecule has 1 atom stereocenters. The third kappa shape index (κ3) is 3.08. The van der Waals surface area contributed by atoms with E-state index in [1.54, 1.807) is 0 Å². The SMILES string of the molecule is N#CCN1CCCC1C(=O)OCc1ccccc1. The molecule has 0 radical (unpaired) electrons. The van der Waals surface area contributed by atoms with E-state index in [0.717, 1.165) is 24.9 Å². The largest absolute Gasteiger partial charge is 0.460 e. The van der Waals surface area contributed by atoms with Crippen molar-refractivity contribution in [1.29, 1.82) is 5.26 Å². The van der Waals surface area contributed by atoms with Crippen molar-refractivity contribution in [3.05, 3.63) is 35.9 Å². The molecule has 0 bridgehead atoms. The summed E-state index contributed by atoms with van der Waals surface area (Å²) in [6.07, 6.45) is 1.74. The van der Waals surface area contributed by atoms with Crippen LogP contribution in [0.5, 0.6) is 0 Å². The Morgan fingerprint density at radius 3 is 2.94 bits per heavy atom. The second-order valence-electron chi connectivity index (χ2n) is 4.38. The van der Waals surface area contributed by atoms with Gasteiger partial charge in [0.1, 0.15) is 12.6 Å². The number of rotatable bonds is 4. The zero-order valence-corrected chi connectivity index (χ0v) is 10.2. The Hall–Kier alpha value is -1.86. The number of hydrogen-bond acceptors (Lipinski definition) is 4. The highest BCUT2D eigenvalue weighted by Crippen LogP contribution is 2.18. The van der Waals surface area contributed by atoms with E-state index in [2.05, 4.69) is 6.07 Å². The van der Waals surface area contributed by atoms with Crippen molar-refractivity contribution in [3.63, 3.8) is 0 Å². The van der Waals surface area contributed by atoms with Crippen LogP contribution in [0.25, 0.3) is 0 Å². The first-order chi connectivity index (χ1) is 8.81. The maximum atomic E-state index is 11.9. The summed E-state index contributed by atoms with van der Waals surface area (Å²) in [6, 6.07) is 11.5. The van der Waals surface area contributed by atoms with Gasteiger partial charge in [-0.2, -0.15) is 5.26 Å². The molecule has 0 aromatic heterocycles. The van der Waals surface area contributed by atoms with E-state index in [4.69, 9.17) is 10.00 Å². The lowest BCUT2D eigenvalue weighted by Gasteiger charge is -2.19. The predicted octanol–water partition coefficient (Wildman–Crippen LogP) is 1.72. The zero-order valence-electron chi connectivity index (χ0n) is 10.2. The highest BCUT2D eigenvalue weighted by molar-refractivity contribution is 5.76. The maximum absolute atomic E-state index is 11.9. The Bertz CT molecular complexity index is 439. The lowest BCUT2D eigenvalue weighted by atomic mass is 10.2. The fourth-order valence-electron chi connectivity index (χ4n) is 2.20. The minimum Gasteiger partial charge on any atom is -0.460 e. The third-order valence-corrected chi connectivity index (χ3v) is 3.13. The number of carbonyl (C=O) groups is 1. The summed E-state index contributed by atoms with van der Waals surface area (Å²) in [7, 11) is 0. The van der Waals surface area contributed by atoms with Crippen LogP contribution in [-0.4, -0.2) is 30.0 Å². The molecule has 1 unspecified atom stereocenters. The fourth-order valence-corrected chi connectivity index (χ4v) is 2.20. The minimum atomic E-state index is -0.242. The summed E-state index contributed by atoms with van der Waals surface area (Å²) < 4.78 is 5.30. The Balaban J connectivity index is 1.86. The van der Waals surface area contributed by atoms with E-state index in [1.165, 1.54) is 0 Å². The third-order valence-electron chi connectivity index (χ3n) is 3.13. The molecule has 18 heavy (non-hydrogen) atoms. The van der Waals surface area contributed by atoms with Crippen molar-refractivity contribution in [2.75, 3.05) is 13.1 Å². The van der Waals surface area contributed by atoms with Gasteiger partial charge in [0, 0.05) is 6.54 Å². The Labute approximate surface area is 107 Å². The molecule has 1 fully saturated rings. The van der Waals surface area contributed by atoms with Gasteiger partial charge in [0.15, 0.2) is 0 Å². The van der Waals surface area contributed by atoms with Crippen LogP contribution in [0, 0.1) is 11.3 Å². The number of hydrogen-bond donors (Lipinski definition) is 0. The molecule has 0 spiro atoms. The molecule has 0 amide bonds. The molecule has 0 N–H and O–H groups in total. The lowest BCUT2D eigenvalue weighted by molar-refractivity contribution is -0.150. The first-order valence-electron chi connectivity index (χ1n) is 6.13. The van der Waals surface area contributed by atoms with Gasteiger partial charge in [-0.15, -0.1) is 0 Å². The summed E-state index contributed by atoms with van der Waals surface area (Å²) >= 11 is 0. The molecule has 1 aliphatic heterocycles. The van der Waals surface area contributed by atoms with Gasteiger partial charge in [-0.25, -0.2) is 0 Å². The average molecular weight is 244 g/mol. The summed E-state index contributed by atoms with van der Waals surface area (Å²) in [5, 5.41) is 8.69. The van der Waals surface area contributed by atoms with Gasteiger partial charge in [0.25, 0.3) is 0 Å². The van der Waals surface area contributed by atoms with E-state index in [-0.39, 0.29) is 12.0 Å². The molecule has 1 aliphatic rings. The van der Waals surface area contributed by atoms with Crippen molar-refractivity contribution in [2.24, 2.45) is 0 Å². The van der Waals surface area contributed by atoms with Gasteiger partial charge in [-0.3, -0.25) is 9.69 Å². The van der Waals surface area contributed by atoms with Crippen LogP contribution >= 0.6 is 0 Å². The molecule has 1 saturated heterocycles. The Morgan fingerprint density at radius 1 is 1.44 bits per heavy atom. The van der Waals surface area contributed by atoms with Gasteiger partial charge in [-0.1, -0.05) is 30.3 Å². The summed E-state index contributed by atoms with van der Waals surface area (Å²) in [6.45, 7) is 1.40. The molecule has 1 heterocycles. The second kappa shape index (κ2) is 6.18. The van der Waals surface area contributed by atoms with Crippen LogP contribution in [0.15, 0.2) is 30.3 Å². The molecule has 4 nitrogen and oxygen atoms in total. The maximum Gasteiger partial charge on any atom is 0.323 e. The Kier molecular flexibility index (Phi) is 4.32. The molecule has 2 rings (SSSR count). The van der Waals surface area contributed by atoms with Crippen molar-refractivity contribution < 1.29 is 9.53 Å². The monoisotopic (exact) mass is 244 g/mol. The number of benzene rings is 1. The van der Waals surface area contributed by atoms with Crippen molar-refractivity contribution >= 4 is 5.97 Å². The molecule has 1 aromatic rings. The van der Waals surface area contributed by atoms with Gasteiger partial charge in [0.2, 0.25) is 0 Å². The zero-order chi connectivity index (χ0) is 12.8. The smallest absolute Gasteiger partial charge is 0.323 e. The molecule has 0 saturated carbocycles. The van der Waals surface area contributed by atoms with E-state index in [9.17, 15) is 4.79 Å². The summed E-state index contributed by atoms with van der Waals surface area (Å²) in [4.78, 5) is 13.8. The minimum absolute atomic E-state index is 0.216. The van der Waals surface area contributed by atoms with E-state index in [0.29, 0.717) is 13.2 Å². The predicted molar refractivity (Wildman–Crippen MR) is 66.4 cm³/mol. The van der Waals surface area contributed by atoms with E-state index in [1.807, 2.05) is 35.2 Å². The number of likely N-dealkylation sites (tertiary alicyclic amines) is 1. The van der Waals surface area contributed by atoms with Crippen molar-refractivity contribution in [2.45, 2.75) is 25.5 Å². The van der Waals surface area contributed by atoms with Crippen LogP contribution in [0.3, 0.4) is 0 Å². The number of nitriles is 1. The van der Waals surface area contributed by atoms with Crippen LogP contribution in [0.2, 0.25) is 0 Å². The molecular formula is C14H16N2O2. The second-order valence-corrected chi connectivity index (χ2v) is 4.38. The van der Waals surface area contributed by atoms with Crippen molar-refractivity contribution in [3.8, 4) is 6.07 Å². The average Bonchev–Trinajstić information content (AvgIpc) is 2.86. The topological polar surface area (TPSA) is 53.3 Å². The van der Waals surface area contributed by atoms with Gasteiger partial charge >= 0.3 is 5.97 Å². The highest BCUT2D eigenvalue weighted by atomic mass is 16.5. The Morgan fingerprint density at radius 2 is 2.22 bits per heavy atom. The van der Waals surface area contributed by atoms with Gasteiger partial charge in [0.05, 0.1) is 12.6 Å². The standard InChI is InChI=1S/C14H16N2O2/c15-8-10-16-9-4-7-13(16)14(17)18-11-12-5-2-1-3-6-12/h1-3,5-6,13H,4,7,9-11H2. The summed E-state index contributed by atoms with van der Waals surface area (Å²) in [5.74, 6) is -0.216. The van der Waals surface area contributed by atoms with Crippen LogP contribution in [0.4, 0.5) is 0 Å². The first-order valence-corrected chi connectivity index (χ1v) is 6.13. The van der Waals surface area contributed by atoms with Crippen LogP contribution in [0.1, 0.15) is 18.4 Å². The number of carbonyl (C=O) groups excluding carboxylic acids is 1. The highest BCUT2D eigenvalue weighted by Gasteiger charge is 2.31. The van der Waals surface area contributed by atoms with Crippen molar-refractivity contribution in [1.82, 2.24) is 4.90 Å². The van der Waals surface area contributed by atoms with Crippen LogP contribution < -0.4 is 0 Å². The molecule has 0 aliphatic carbocycles. The normalized spacial score (nSPS) is 19.4. The quantitative estimate of drug-likeness (QED) is 0.597. The van der Waals surface area contributed by atoms with E-state index < -0.39 is 0 Å². The van der Waals surface area contributed by atoms with Gasteiger partial charge in [-0.05, 0) is 18.4 Å². The molecule has 4 heteroatoms. The lowest BCUT2D eigenvalue weighted by Crippen LogP contribution is -2.37. The number of ether oxygens (including phenoxy) is 1. The molecule has 1 aromatic carbocycles. The molecule has 94 valence electrons. The first kappa shape index (κ1) is 12.6. The fraction of sp³-hybridized carbons (Fsp3) is 0.429. The van der Waals surface area contributed by atoms with E-state index >= 15 is 0 Å².